The van der Waals surface area contributed by atoms with E-state index in [1.165, 1.54) is 45.5 Å². The molecule has 0 aliphatic rings. The lowest BCUT2D eigenvalue weighted by atomic mass is 10.1. The fourth-order valence-electron chi connectivity index (χ4n) is 5.70. The van der Waals surface area contributed by atoms with Crippen LogP contribution in [0.15, 0.2) is 107 Å². The van der Waals surface area contributed by atoms with E-state index in [1.54, 1.807) is 60.7 Å². The van der Waals surface area contributed by atoms with E-state index in [2.05, 4.69) is 8.37 Å². The third-order valence-electron chi connectivity index (χ3n) is 7.82. The highest BCUT2D eigenvalue weighted by Crippen LogP contribution is 2.26. The van der Waals surface area contributed by atoms with Crippen LogP contribution in [0, 0.1) is 0 Å². The Labute approximate surface area is 286 Å². The normalized spacial score (nSPS) is 12.0. The van der Waals surface area contributed by atoms with Crippen LogP contribution in [0.25, 0.3) is 44.6 Å². The SMILES string of the molecule is O=c1c2ccccc2nc(-c2cccc(OS(=O)(=O)O)c2)n1CCCCCCn1c(-c2cccc(OS(=O)(=O)O)c2)nc2ccccc2c1=O. The molecule has 0 atom stereocenters. The van der Waals surface area contributed by atoms with Gasteiger partial charge in [0.1, 0.15) is 23.1 Å². The molecule has 50 heavy (non-hydrogen) atoms. The molecule has 0 radical (unpaired) electrons. The summed E-state index contributed by atoms with van der Waals surface area (Å²) < 4.78 is 75.7. The number of fused-ring (bicyclic) bond motifs is 2. The first-order chi connectivity index (χ1) is 23.9. The smallest absolute Gasteiger partial charge is 0.362 e. The van der Waals surface area contributed by atoms with E-state index in [1.807, 2.05) is 0 Å². The number of benzene rings is 4. The van der Waals surface area contributed by atoms with Crippen molar-refractivity contribution in [2.24, 2.45) is 0 Å². The Morgan fingerprint density at radius 2 is 0.940 bits per heavy atom. The molecule has 258 valence electrons. The molecule has 2 aromatic heterocycles. The summed E-state index contributed by atoms with van der Waals surface area (Å²) >= 11 is 0. The van der Waals surface area contributed by atoms with Crippen LogP contribution in [0.5, 0.6) is 11.5 Å². The number of para-hydroxylation sites is 2. The molecular weight excluding hydrogens is 689 g/mol. The average Bonchev–Trinajstić information content (AvgIpc) is 3.06. The summed E-state index contributed by atoms with van der Waals surface area (Å²) in [7, 11) is -9.53. The van der Waals surface area contributed by atoms with Gasteiger partial charge in [0.15, 0.2) is 0 Å². The van der Waals surface area contributed by atoms with Gasteiger partial charge in [-0.1, -0.05) is 61.4 Å². The van der Waals surface area contributed by atoms with Gasteiger partial charge >= 0.3 is 20.8 Å². The number of hydrogen-bond acceptors (Lipinski definition) is 10. The highest BCUT2D eigenvalue weighted by Gasteiger charge is 2.17. The lowest BCUT2D eigenvalue weighted by Gasteiger charge is -2.15. The molecule has 0 aliphatic carbocycles. The van der Waals surface area contributed by atoms with Crippen molar-refractivity contribution >= 4 is 42.6 Å². The second kappa shape index (κ2) is 14.2. The Hall–Kier alpha value is -5.42. The maximum Gasteiger partial charge on any atom is 0.446 e. The Morgan fingerprint density at radius 1 is 0.540 bits per heavy atom. The number of rotatable bonds is 13. The highest BCUT2D eigenvalue weighted by molar-refractivity contribution is 7.81. The molecule has 0 aliphatic heterocycles. The summed E-state index contributed by atoms with van der Waals surface area (Å²) in [6.45, 7) is 0.581. The van der Waals surface area contributed by atoms with Crippen LogP contribution in [0.4, 0.5) is 0 Å². The monoisotopic (exact) mass is 718 g/mol. The predicted molar refractivity (Wildman–Crippen MR) is 186 cm³/mol. The van der Waals surface area contributed by atoms with Crippen LogP contribution in [-0.2, 0) is 33.9 Å². The van der Waals surface area contributed by atoms with E-state index in [9.17, 15) is 26.4 Å². The molecule has 0 fully saturated rings. The fourth-order valence-corrected chi connectivity index (χ4v) is 6.40. The van der Waals surface area contributed by atoms with Gasteiger partial charge in [-0.25, -0.2) is 9.97 Å². The second-order valence-corrected chi connectivity index (χ2v) is 13.4. The van der Waals surface area contributed by atoms with E-state index >= 15 is 0 Å². The largest absolute Gasteiger partial charge is 0.446 e. The Kier molecular flexibility index (Phi) is 9.79. The molecule has 14 nitrogen and oxygen atoms in total. The second-order valence-electron chi connectivity index (χ2n) is 11.3. The van der Waals surface area contributed by atoms with E-state index in [0.717, 1.165) is 0 Å². The van der Waals surface area contributed by atoms with Crippen LogP contribution in [-0.4, -0.2) is 45.0 Å². The minimum atomic E-state index is -4.76. The Morgan fingerprint density at radius 3 is 1.34 bits per heavy atom. The van der Waals surface area contributed by atoms with Gasteiger partial charge < -0.3 is 8.37 Å². The summed E-state index contributed by atoms with van der Waals surface area (Å²) in [5, 5.41) is 0.840. The quantitative estimate of drug-likeness (QED) is 0.119. The van der Waals surface area contributed by atoms with Crippen molar-refractivity contribution < 1.29 is 34.3 Å². The summed E-state index contributed by atoms with van der Waals surface area (Å²) in [6.07, 6.45) is 2.49. The zero-order valence-corrected chi connectivity index (χ0v) is 27.9. The Bertz CT molecular complexity index is 2390. The molecule has 6 rings (SSSR count). The van der Waals surface area contributed by atoms with Gasteiger partial charge in [-0.2, -0.15) is 16.8 Å². The van der Waals surface area contributed by atoms with Gasteiger partial charge in [-0.15, -0.1) is 0 Å². The topological polar surface area (TPSA) is 197 Å². The van der Waals surface area contributed by atoms with Gasteiger partial charge in [0, 0.05) is 24.2 Å². The number of aromatic nitrogens is 4. The maximum atomic E-state index is 13.6. The van der Waals surface area contributed by atoms with Crippen molar-refractivity contribution in [2.45, 2.75) is 38.8 Å². The molecular formula is C34H30N4O10S2. The molecule has 0 spiro atoms. The highest BCUT2D eigenvalue weighted by atomic mass is 32.3. The molecule has 6 aromatic rings. The van der Waals surface area contributed by atoms with Gasteiger partial charge in [0.25, 0.3) is 11.1 Å². The van der Waals surface area contributed by atoms with Gasteiger partial charge in [-0.05, 0) is 61.4 Å². The number of nitrogens with zero attached hydrogens (tertiary/aromatic N) is 4. The van der Waals surface area contributed by atoms with Crippen LogP contribution >= 0.6 is 0 Å². The molecule has 0 unspecified atom stereocenters. The van der Waals surface area contributed by atoms with Crippen LogP contribution < -0.4 is 19.5 Å². The third kappa shape index (κ3) is 8.06. The standard InChI is InChI=1S/C34H30N4O10S2/c39-33-27-15-3-5-17-29(27)35-31(23-11-9-13-25(21-23)47-49(41,42)43)37(33)19-7-1-2-8-20-38-32(36-30-18-6-4-16-28(30)34(38)40)24-12-10-14-26(22-24)48-50(44,45)46/h3-6,9-18,21-22H,1-2,7-8,19-20H2,(H,41,42,43)(H,44,45,46). The van der Waals surface area contributed by atoms with E-state index in [0.29, 0.717) is 83.4 Å². The lowest BCUT2D eigenvalue weighted by Crippen LogP contribution is -2.24. The van der Waals surface area contributed by atoms with Crippen molar-refractivity contribution in [1.29, 1.82) is 0 Å². The summed E-state index contributed by atoms with van der Waals surface area (Å²) in [5.41, 5.74) is 1.21. The van der Waals surface area contributed by atoms with E-state index in [4.69, 9.17) is 19.1 Å². The minimum absolute atomic E-state index is 0.144. The number of unbranched alkanes of at least 4 members (excludes halogenated alkanes) is 3. The van der Waals surface area contributed by atoms with E-state index < -0.39 is 20.8 Å². The Balaban J connectivity index is 1.21. The molecule has 2 heterocycles. The summed E-state index contributed by atoms with van der Waals surface area (Å²) in [4.78, 5) is 36.6. The summed E-state index contributed by atoms with van der Waals surface area (Å²) in [6, 6.07) is 25.6. The van der Waals surface area contributed by atoms with Crippen molar-refractivity contribution in [3.8, 4) is 34.3 Å². The third-order valence-corrected chi connectivity index (χ3v) is 8.63. The molecule has 16 heteroatoms. The van der Waals surface area contributed by atoms with Crippen molar-refractivity contribution in [1.82, 2.24) is 19.1 Å². The van der Waals surface area contributed by atoms with Gasteiger partial charge in [0.2, 0.25) is 0 Å². The van der Waals surface area contributed by atoms with Gasteiger partial charge in [0.05, 0.1) is 21.8 Å². The minimum Gasteiger partial charge on any atom is -0.362 e. The first-order valence-corrected chi connectivity index (χ1v) is 18.1. The van der Waals surface area contributed by atoms with Crippen LogP contribution in [0.1, 0.15) is 25.7 Å². The van der Waals surface area contributed by atoms with Crippen molar-refractivity contribution in [3.05, 3.63) is 118 Å². The molecule has 0 saturated heterocycles. The van der Waals surface area contributed by atoms with Crippen LogP contribution in [0.3, 0.4) is 0 Å². The van der Waals surface area contributed by atoms with Crippen molar-refractivity contribution in [3.63, 3.8) is 0 Å². The fraction of sp³-hybridized carbons (Fsp3) is 0.176. The van der Waals surface area contributed by atoms with Crippen LogP contribution in [0.2, 0.25) is 0 Å². The zero-order chi connectivity index (χ0) is 35.5. The zero-order valence-electron chi connectivity index (χ0n) is 26.2. The lowest BCUT2D eigenvalue weighted by molar-refractivity contribution is 0.384. The van der Waals surface area contributed by atoms with Gasteiger partial charge in [-0.3, -0.25) is 27.8 Å². The molecule has 0 saturated carbocycles. The first kappa shape index (κ1) is 34.4. The van der Waals surface area contributed by atoms with Crippen molar-refractivity contribution in [2.75, 3.05) is 0 Å². The predicted octanol–water partition coefficient (Wildman–Crippen LogP) is 5.06. The average molecular weight is 719 g/mol. The molecule has 0 bridgehead atoms. The summed E-state index contributed by atoms with van der Waals surface area (Å²) in [5.74, 6) is 0.310. The number of hydrogen-bond donors (Lipinski definition) is 2. The first-order valence-electron chi connectivity index (χ1n) is 15.4. The molecule has 0 amide bonds. The maximum absolute atomic E-state index is 13.6. The van der Waals surface area contributed by atoms with E-state index in [-0.39, 0.29) is 22.6 Å². The molecule has 4 aromatic carbocycles. The molecule has 2 N–H and O–H groups in total.